The van der Waals surface area contributed by atoms with Crippen LogP contribution in [0.2, 0.25) is 0 Å². The van der Waals surface area contributed by atoms with Crippen molar-refractivity contribution in [3.05, 3.63) is 35.7 Å². The van der Waals surface area contributed by atoms with Gasteiger partial charge in [0.05, 0.1) is 41.6 Å². The van der Waals surface area contributed by atoms with Crippen LogP contribution in [0, 0.1) is 6.92 Å². The molecule has 34 heavy (non-hydrogen) atoms. The fourth-order valence-electron chi connectivity index (χ4n) is 3.94. The fourth-order valence-corrected chi connectivity index (χ4v) is 6.08. The van der Waals surface area contributed by atoms with Gasteiger partial charge in [0.25, 0.3) is 5.91 Å². The lowest BCUT2D eigenvalue weighted by Crippen LogP contribution is -2.25. The first-order valence-corrected chi connectivity index (χ1v) is 12.8. The Kier molecular flexibility index (Phi) is 6.68. The summed E-state index contributed by atoms with van der Waals surface area (Å²) in [6.07, 6.45) is 3.20. The highest BCUT2D eigenvalue weighted by Gasteiger charge is 2.21. The van der Waals surface area contributed by atoms with Crippen molar-refractivity contribution in [1.29, 1.82) is 0 Å². The van der Waals surface area contributed by atoms with Crippen molar-refractivity contribution in [3.63, 3.8) is 0 Å². The van der Waals surface area contributed by atoms with E-state index in [1.54, 1.807) is 34.9 Å². The number of nitrogens with zero attached hydrogens (tertiary/aromatic N) is 4. The number of thiazole rings is 1. The quantitative estimate of drug-likeness (QED) is 0.374. The van der Waals surface area contributed by atoms with Crippen LogP contribution < -0.4 is 10.1 Å². The Hall–Kier alpha value is -2.73. The van der Waals surface area contributed by atoms with E-state index >= 15 is 0 Å². The van der Waals surface area contributed by atoms with Crippen molar-refractivity contribution >= 4 is 55.9 Å². The Morgan fingerprint density at radius 2 is 2.18 bits per heavy atom. The summed E-state index contributed by atoms with van der Waals surface area (Å²) in [6.45, 7) is 3.40. The number of hydrogen-bond acceptors (Lipinski definition) is 9. The number of rotatable bonds is 7. The van der Waals surface area contributed by atoms with Gasteiger partial charge in [-0.1, -0.05) is 11.8 Å². The number of benzene rings is 1. The molecule has 4 aromatic rings. The lowest BCUT2D eigenvalue weighted by molar-refractivity contribution is -0.178. The second-order valence-corrected chi connectivity index (χ2v) is 10.3. The molecule has 0 radical (unpaired) electrons. The summed E-state index contributed by atoms with van der Waals surface area (Å²) in [4.78, 5) is 22.2. The lowest BCUT2D eigenvalue weighted by atomic mass is 10.1. The van der Waals surface area contributed by atoms with Crippen molar-refractivity contribution in [3.8, 4) is 5.75 Å². The average molecular weight is 500 g/mol. The number of nitrogens with one attached hydrogen (secondary N) is 1. The number of pyridine rings is 1. The van der Waals surface area contributed by atoms with Crippen molar-refractivity contribution in [2.24, 2.45) is 7.05 Å². The van der Waals surface area contributed by atoms with E-state index in [0.29, 0.717) is 22.6 Å². The van der Waals surface area contributed by atoms with Gasteiger partial charge in [0, 0.05) is 31.1 Å². The zero-order chi connectivity index (χ0) is 23.7. The second kappa shape index (κ2) is 9.87. The van der Waals surface area contributed by atoms with Gasteiger partial charge in [-0.25, -0.2) is 9.97 Å². The van der Waals surface area contributed by atoms with Gasteiger partial charge in [0.15, 0.2) is 16.3 Å². The van der Waals surface area contributed by atoms with Crippen LogP contribution in [0.25, 0.3) is 21.3 Å². The number of anilines is 1. The average Bonchev–Trinajstić information content (AvgIpc) is 3.38. The molecule has 1 amide bonds. The Labute approximate surface area is 204 Å². The van der Waals surface area contributed by atoms with Gasteiger partial charge in [-0.05, 0) is 31.5 Å². The number of amides is 1. The van der Waals surface area contributed by atoms with Gasteiger partial charge in [-0.3, -0.25) is 9.48 Å². The molecule has 0 atom stereocenters. The normalized spacial score (nSPS) is 14.7. The molecule has 1 saturated heterocycles. The highest BCUT2D eigenvalue weighted by molar-refractivity contribution is 8.01. The summed E-state index contributed by atoms with van der Waals surface area (Å²) in [6, 6.07) is 5.71. The minimum atomic E-state index is -0.291. The molecule has 178 valence electrons. The molecule has 1 N–H and O–H groups in total. The first-order valence-electron chi connectivity index (χ1n) is 11.0. The smallest absolute Gasteiger partial charge is 0.261 e. The monoisotopic (exact) mass is 499 g/mol. The number of aromatic nitrogens is 4. The van der Waals surface area contributed by atoms with Gasteiger partial charge in [-0.2, -0.15) is 5.10 Å². The van der Waals surface area contributed by atoms with Gasteiger partial charge in [0.2, 0.25) is 0 Å². The van der Waals surface area contributed by atoms with E-state index in [2.05, 4.69) is 15.4 Å². The van der Waals surface area contributed by atoms with Crippen LogP contribution in [0.4, 0.5) is 5.69 Å². The van der Waals surface area contributed by atoms with Gasteiger partial charge in [0.1, 0.15) is 11.3 Å². The van der Waals surface area contributed by atoms with E-state index in [-0.39, 0.29) is 12.2 Å². The summed E-state index contributed by atoms with van der Waals surface area (Å²) in [7, 11) is 3.36. The number of aryl methyl sites for hydroxylation is 2. The topological polar surface area (TPSA) is 100 Å². The number of hydrogen-bond donors (Lipinski definition) is 1. The van der Waals surface area contributed by atoms with E-state index in [1.807, 2.05) is 32.2 Å². The summed E-state index contributed by atoms with van der Waals surface area (Å²) < 4.78 is 20.5. The third-order valence-corrected chi connectivity index (χ3v) is 7.72. The third-order valence-electron chi connectivity index (χ3n) is 5.53. The Morgan fingerprint density at radius 1 is 1.35 bits per heavy atom. The molecule has 4 heterocycles. The molecule has 0 aliphatic carbocycles. The van der Waals surface area contributed by atoms with Crippen molar-refractivity contribution in [2.75, 3.05) is 31.4 Å². The highest BCUT2D eigenvalue weighted by Crippen LogP contribution is 2.33. The zero-order valence-corrected chi connectivity index (χ0v) is 20.8. The van der Waals surface area contributed by atoms with E-state index in [1.165, 1.54) is 6.20 Å². The SMILES string of the molecule is COc1c(C(=O)Nc2ccc3nc(SCCC4OCCCO4)sc3c2)cnc2c1c(C)nn2C. The molecular formula is C23H25N5O4S2. The number of ether oxygens (including phenoxy) is 3. The predicted molar refractivity (Wildman–Crippen MR) is 133 cm³/mol. The van der Waals surface area contributed by atoms with Gasteiger partial charge < -0.3 is 19.5 Å². The third kappa shape index (κ3) is 4.61. The molecule has 5 rings (SSSR count). The molecule has 1 aliphatic rings. The minimum absolute atomic E-state index is 0.112. The molecule has 1 aromatic carbocycles. The summed E-state index contributed by atoms with van der Waals surface area (Å²) in [5, 5.41) is 8.09. The molecule has 0 unspecified atom stereocenters. The second-order valence-electron chi connectivity index (χ2n) is 7.89. The van der Waals surface area contributed by atoms with Crippen LogP contribution in [-0.4, -0.2) is 58.0 Å². The molecular weight excluding hydrogens is 474 g/mol. The summed E-state index contributed by atoms with van der Waals surface area (Å²) in [5.41, 5.74) is 3.38. The van der Waals surface area contributed by atoms with E-state index in [9.17, 15) is 4.79 Å². The standard InChI is InChI=1S/C23H25N5O4S2/c1-13-19-20(30-3)15(12-24-21(19)28(2)27-13)22(29)25-14-5-6-16-17(11-14)34-23(26-16)33-10-7-18-31-8-4-9-32-18/h5-6,11-12,18H,4,7-10H2,1-3H3,(H,25,29). The number of thioether (sulfide) groups is 1. The van der Waals surface area contributed by atoms with E-state index in [4.69, 9.17) is 19.2 Å². The molecule has 0 bridgehead atoms. The minimum Gasteiger partial charge on any atom is -0.495 e. The zero-order valence-electron chi connectivity index (χ0n) is 19.2. The maximum Gasteiger partial charge on any atom is 0.261 e. The number of methoxy groups -OCH3 is 1. The molecule has 11 heteroatoms. The number of carbonyl (C=O) groups is 1. The van der Waals surface area contributed by atoms with Crippen LogP contribution in [0.3, 0.4) is 0 Å². The van der Waals surface area contributed by atoms with Crippen LogP contribution in [0.5, 0.6) is 5.75 Å². The lowest BCUT2D eigenvalue weighted by Gasteiger charge is -2.22. The van der Waals surface area contributed by atoms with Gasteiger partial charge in [-0.15, -0.1) is 11.3 Å². The van der Waals surface area contributed by atoms with Crippen LogP contribution in [0.15, 0.2) is 28.7 Å². The summed E-state index contributed by atoms with van der Waals surface area (Å²) in [5.74, 6) is 1.05. The van der Waals surface area contributed by atoms with Crippen molar-refractivity contribution in [2.45, 2.75) is 30.4 Å². The molecule has 1 fully saturated rings. The number of fused-ring (bicyclic) bond motifs is 2. The van der Waals surface area contributed by atoms with Crippen LogP contribution in [0.1, 0.15) is 28.9 Å². The highest BCUT2D eigenvalue weighted by atomic mass is 32.2. The maximum absolute atomic E-state index is 13.1. The molecule has 3 aromatic heterocycles. The molecule has 1 aliphatic heterocycles. The van der Waals surface area contributed by atoms with E-state index < -0.39 is 0 Å². The summed E-state index contributed by atoms with van der Waals surface area (Å²) >= 11 is 3.30. The first kappa shape index (κ1) is 23.0. The molecule has 0 saturated carbocycles. The van der Waals surface area contributed by atoms with Crippen LogP contribution in [-0.2, 0) is 16.5 Å². The van der Waals surface area contributed by atoms with E-state index in [0.717, 1.165) is 57.4 Å². The molecule has 0 spiro atoms. The van der Waals surface area contributed by atoms with Gasteiger partial charge >= 0.3 is 0 Å². The Morgan fingerprint density at radius 3 is 2.97 bits per heavy atom. The predicted octanol–water partition coefficient (Wildman–Crippen LogP) is 4.39. The fraction of sp³-hybridized carbons (Fsp3) is 0.391. The Balaban J connectivity index is 1.30. The molecule has 9 nitrogen and oxygen atoms in total. The van der Waals surface area contributed by atoms with Crippen LogP contribution >= 0.6 is 23.1 Å². The van der Waals surface area contributed by atoms with Crippen molar-refractivity contribution < 1.29 is 19.0 Å². The Bertz CT molecular complexity index is 1350. The largest absolute Gasteiger partial charge is 0.495 e. The van der Waals surface area contributed by atoms with Crippen molar-refractivity contribution in [1.82, 2.24) is 19.7 Å². The number of carbonyl (C=O) groups excluding carboxylic acids is 1. The maximum atomic E-state index is 13.1. The first-order chi connectivity index (χ1) is 16.5.